The van der Waals surface area contributed by atoms with Crippen LogP contribution >= 0.6 is 0 Å². The van der Waals surface area contributed by atoms with Gasteiger partial charge in [-0.3, -0.25) is 15.0 Å². The number of hydrogen-bond acceptors (Lipinski definition) is 7. The summed E-state index contributed by atoms with van der Waals surface area (Å²) in [7, 11) is 0. The van der Waals surface area contributed by atoms with E-state index in [2.05, 4.69) is 32.0 Å². The summed E-state index contributed by atoms with van der Waals surface area (Å²) in [5.74, 6) is 0.378. The van der Waals surface area contributed by atoms with Crippen molar-refractivity contribution in [2.75, 3.05) is 42.5 Å². The van der Waals surface area contributed by atoms with Crippen molar-refractivity contribution in [2.45, 2.75) is 19.5 Å². The molecule has 1 N–H and O–H groups in total. The molecule has 0 atom stereocenters. The van der Waals surface area contributed by atoms with E-state index >= 15 is 0 Å². The van der Waals surface area contributed by atoms with E-state index < -0.39 is 0 Å². The molecule has 184 valence electrons. The lowest BCUT2D eigenvalue weighted by Crippen LogP contribution is -2.46. The molecule has 2 aliphatic rings. The van der Waals surface area contributed by atoms with Gasteiger partial charge in [0.2, 0.25) is 11.6 Å². The third-order valence-electron chi connectivity index (χ3n) is 7.15. The SMILES string of the molecule is O=[N+]([O-])c1c(N2CCN(Cc3ccccc3)CC2)ncnc1N1CCc2[nH]c3c(F)cccc3c2C1. The van der Waals surface area contributed by atoms with Gasteiger partial charge in [0.1, 0.15) is 12.1 Å². The van der Waals surface area contributed by atoms with Crippen LogP contribution in [0.4, 0.5) is 21.7 Å². The van der Waals surface area contributed by atoms with Crippen molar-refractivity contribution in [3.8, 4) is 0 Å². The van der Waals surface area contributed by atoms with Crippen molar-refractivity contribution in [3.05, 3.63) is 87.6 Å². The van der Waals surface area contributed by atoms with E-state index in [0.717, 1.165) is 36.3 Å². The lowest BCUT2D eigenvalue weighted by molar-refractivity contribution is -0.383. The summed E-state index contributed by atoms with van der Waals surface area (Å²) < 4.78 is 14.3. The molecule has 9 nitrogen and oxygen atoms in total. The average Bonchev–Trinajstić information content (AvgIpc) is 3.29. The summed E-state index contributed by atoms with van der Waals surface area (Å²) in [6.07, 6.45) is 2.04. The Morgan fingerprint density at radius 1 is 0.944 bits per heavy atom. The van der Waals surface area contributed by atoms with E-state index in [1.54, 1.807) is 6.07 Å². The molecule has 2 aromatic carbocycles. The number of fused-ring (bicyclic) bond motifs is 3. The molecule has 0 saturated carbocycles. The highest BCUT2D eigenvalue weighted by atomic mass is 19.1. The number of aromatic amines is 1. The van der Waals surface area contributed by atoms with Crippen LogP contribution in [-0.4, -0.2) is 57.5 Å². The summed E-state index contributed by atoms with van der Waals surface area (Å²) in [6, 6.07) is 15.3. The van der Waals surface area contributed by atoms with E-state index in [4.69, 9.17) is 0 Å². The quantitative estimate of drug-likeness (QED) is 0.337. The van der Waals surface area contributed by atoms with Gasteiger partial charge in [-0.2, -0.15) is 0 Å². The van der Waals surface area contributed by atoms with Crippen molar-refractivity contribution in [1.82, 2.24) is 19.9 Å². The number of anilines is 2. The van der Waals surface area contributed by atoms with Crippen LogP contribution in [0.5, 0.6) is 0 Å². The van der Waals surface area contributed by atoms with Crippen LogP contribution in [0.3, 0.4) is 0 Å². The minimum atomic E-state index is -0.370. The molecular weight excluding hydrogens is 461 g/mol. The van der Waals surface area contributed by atoms with Gasteiger partial charge in [0.25, 0.3) is 0 Å². The van der Waals surface area contributed by atoms with Crippen LogP contribution in [0, 0.1) is 15.9 Å². The van der Waals surface area contributed by atoms with Crippen molar-refractivity contribution in [3.63, 3.8) is 0 Å². The monoisotopic (exact) mass is 487 g/mol. The highest BCUT2D eigenvalue weighted by Crippen LogP contribution is 2.38. The first kappa shape index (κ1) is 22.4. The highest BCUT2D eigenvalue weighted by Gasteiger charge is 2.33. The molecule has 0 spiro atoms. The molecule has 0 bridgehead atoms. The van der Waals surface area contributed by atoms with Crippen LogP contribution in [0.2, 0.25) is 0 Å². The van der Waals surface area contributed by atoms with Gasteiger partial charge in [-0.1, -0.05) is 42.5 Å². The number of aromatic nitrogens is 3. The lowest BCUT2D eigenvalue weighted by Gasteiger charge is -2.35. The first-order valence-corrected chi connectivity index (χ1v) is 12.1. The third-order valence-corrected chi connectivity index (χ3v) is 7.15. The molecule has 4 heterocycles. The summed E-state index contributed by atoms with van der Waals surface area (Å²) >= 11 is 0. The van der Waals surface area contributed by atoms with E-state index in [1.807, 2.05) is 34.1 Å². The number of hydrogen-bond donors (Lipinski definition) is 1. The van der Waals surface area contributed by atoms with E-state index in [0.29, 0.717) is 49.8 Å². The summed E-state index contributed by atoms with van der Waals surface area (Å²) in [5, 5.41) is 13.1. The second-order valence-corrected chi connectivity index (χ2v) is 9.29. The number of H-pyrrole nitrogens is 1. The number of halogens is 1. The van der Waals surface area contributed by atoms with Crippen LogP contribution < -0.4 is 9.80 Å². The Hall–Kier alpha value is -4.05. The van der Waals surface area contributed by atoms with Gasteiger partial charge in [0, 0.05) is 68.9 Å². The van der Waals surface area contributed by atoms with E-state index in [9.17, 15) is 14.5 Å². The van der Waals surface area contributed by atoms with Crippen molar-refractivity contribution >= 4 is 28.2 Å². The Balaban J connectivity index is 1.25. The Bertz CT molecular complexity index is 1420. The number of para-hydroxylation sites is 1. The predicted octanol–water partition coefficient (Wildman–Crippen LogP) is 3.89. The molecular formula is C26H26FN7O2. The van der Waals surface area contributed by atoms with Crippen LogP contribution in [0.15, 0.2) is 54.9 Å². The van der Waals surface area contributed by atoms with Gasteiger partial charge in [0.15, 0.2) is 0 Å². The van der Waals surface area contributed by atoms with E-state index in [1.165, 1.54) is 18.0 Å². The summed E-state index contributed by atoms with van der Waals surface area (Å²) in [4.78, 5) is 30.1. The molecule has 0 unspecified atom stereocenters. The van der Waals surface area contributed by atoms with Gasteiger partial charge in [-0.25, -0.2) is 14.4 Å². The van der Waals surface area contributed by atoms with Crippen LogP contribution in [0.1, 0.15) is 16.8 Å². The van der Waals surface area contributed by atoms with Gasteiger partial charge >= 0.3 is 5.69 Å². The first-order chi connectivity index (χ1) is 17.6. The maximum Gasteiger partial charge on any atom is 0.353 e. The molecule has 2 aliphatic heterocycles. The second-order valence-electron chi connectivity index (χ2n) is 9.29. The molecule has 36 heavy (non-hydrogen) atoms. The Kier molecular flexibility index (Phi) is 5.73. The fraction of sp³-hybridized carbons (Fsp3) is 0.308. The van der Waals surface area contributed by atoms with Gasteiger partial charge in [0.05, 0.1) is 10.4 Å². The maximum absolute atomic E-state index is 14.3. The van der Waals surface area contributed by atoms with Crippen molar-refractivity contribution in [1.29, 1.82) is 0 Å². The largest absolute Gasteiger partial charge is 0.356 e. The zero-order valence-corrected chi connectivity index (χ0v) is 19.7. The lowest BCUT2D eigenvalue weighted by atomic mass is 10.0. The van der Waals surface area contributed by atoms with Gasteiger partial charge in [-0.05, 0) is 11.6 Å². The molecule has 1 fully saturated rings. The summed E-state index contributed by atoms with van der Waals surface area (Å²) in [5.41, 5.74) is 3.60. The molecule has 0 amide bonds. The molecule has 1 saturated heterocycles. The second kappa shape index (κ2) is 9.19. The Morgan fingerprint density at radius 2 is 1.69 bits per heavy atom. The van der Waals surface area contributed by atoms with Gasteiger partial charge < -0.3 is 14.8 Å². The summed E-state index contributed by atoms with van der Waals surface area (Å²) in [6.45, 7) is 4.70. The number of piperazine rings is 1. The molecule has 10 heteroatoms. The van der Waals surface area contributed by atoms with Gasteiger partial charge in [-0.15, -0.1) is 0 Å². The highest BCUT2D eigenvalue weighted by molar-refractivity contribution is 5.86. The molecule has 4 aromatic rings. The molecule has 2 aromatic heterocycles. The number of nitrogens with one attached hydrogen (secondary N) is 1. The van der Waals surface area contributed by atoms with Crippen LogP contribution in [0.25, 0.3) is 10.9 Å². The standard InChI is InChI=1S/C26H26FN7O2/c27-21-8-4-7-19-20-16-33(10-9-22(20)30-23(19)21)26-24(34(35)36)25(28-17-29-26)32-13-11-31(12-14-32)15-18-5-2-1-3-6-18/h1-8,17,30H,9-16H2. The zero-order chi connectivity index (χ0) is 24.6. The predicted molar refractivity (Wildman–Crippen MR) is 136 cm³/mol. The minimum Gasteiger partial charge on any atom is -0.356 e. The maximum atomic E-state index is 14.3. The molecule has 0 radical (unpaired) electrons. The minimum absolute atomic E-state index is 0.0662. The van der Waals surface area contributed by atoms with E-state index in [-0.39, 0.29) is 16.4 Å². The number of nitro groups is 1. The van der Waals surface area contributed by atoms with Crippen LogP contribution in [-0.2, 0) is 19.5 Å². The zero-order valence-electron chi connectivity index (χ0n) is 19.7. The number of benzene rings is 2. The number of rotatable bonds is 5. The Morgan fingerprint density at radius 3 is 2.44 bits per heavy atom. The smallest absolute Gasteiger partial charge is 0.353 e. The molecule has 0 aliphatic carbocycles. The third kappa shape index (κ3) is 4.03. The first-order valence-electron chi connectivity index (χ1n) is 12.1. The normalized spacial score (nSPS) is 16.4. The topological polar surface area (TPSA) is 94.4 Å². The van der Waals surface area contributed by atoms with Crippen molar-refractivity contribution in [2.24, 2.45) is 0 Å². The van der Waals surface area contributed by atoms with Crippen molar-refractivity contribution < 1.29 is 9.31 Å². The fourth-order valence-corrected chi connectivity index (χ4v) is 5.33. The Labute approximate surface area is 207 Å². The average molecular weight is 488 g/mol. The fourth-order valence-electron chi connectivity index (χ4n) is 5.33. The number of nitrogens with zero attached hydrogens (tertiary/aromatic N) is 6. The molecule has 6 rings (SSSR count).